The summed E-state index contributed by atoms with van der Waals surface area (Å²) in [7, 11) is 1.63. The number of aromatic nitrogens is 1. The number of rotatable bonds is 7. The summed E-state index contributed by atoms with van der Waals surface area (Å²) in [5, 5.41) is 1.96. The molecule has 1 amide bonds. The van der Waals surface area contributed by atoms with E-state index >= 15 is 0 Å². The fraction of sp³-hybridized carbons (Fsp3) is 0.304. The van der Waals surface area contributed by atoms with Gasteiger partial charge in [-0.2, -0.15) is 0 Å². The first-order valence-electron chi connectivity index (χ1n) is 10.1. The van der Waals surface area contributed by atoms with E-state index in [1.807, 2.05) is 41.3 Å². The van der Waals surface area contributed by atoms with E-state index in [9.17, 15) is 4.79 Å². The van der Waals surface area contributed by atoms with Crippen LogP contribution in [0.5, 0.6) is 0 Å². The zero-order valence-corrected chi connectivity index (χ0v) is 18.9. The Labute approximate surface area is 190 Å². The number of ether oxygens (including phenoxy) is 1. The normalized spacial score (nSPS) is 17.8. The molecule has 0 unspecified atom stereocenters. The SMILES string of the molecule is COC[C@H]1C(=O)N(Cc2ccc3c(N)nccc3c2)CCN1CC=Cc1ccc(Cl)s1. The number of benzene rings is 1. The van der Waals surface area contributed by atoms with Crippen LogP contribution >= 0.6 is 22.9 Å². The fourth-order valence-electron chi connectivity index (χ4n) is 3.88. The molecule has 1 aliphatic rings. The molecule has 31 heavy (non-hydrogen) atoms. The largest absolute Gasteiger partial charge is 0.383 e. The number of amides is 1. The lowest BCUT2D eigenvalue weighted by atomic mass is 10.1. The first-order valence-corrected chi connectivity index (χ1v) is 11.3. The molecule has 3 aromatic rings. The molecule has 3 heterocycles. The van der Waals surface area contributed by atoms with Gasteiger partial charge in [-0.1, -0.05) is 29.8 Å². The number of carbonyl (C=O) groups excluding carboxylic acids is 1. The van der Waals surface area contributed by atoms with E-state index in [0.717, 1.165) is 32.1 Å². The van der Waals surface area contributed by atoms with Crippen molar-refractivity contribution < 1.29 is 9.53 Å². The third kappa shape index (κ3) is 5.07. The van der Waals surface area contributed by atoms with E-state index in [4.69, 9.17) is 22.1 Å². The maximum Gasteiger partial charge on any atom is 0.242 e. The van der Waals surface area contributed by atoms with Crippen LogP contribution in [0, 0.1) is 0 Å². The van der Waals surface area contributed by atoms with Crippen molar-refractivity contribution in [2.45, 2.75) is 12.6 Å². The Morgan fingerprint density at radius 2 is 2.16 bits per heavy atom. The first-order chi connectivity index (χ1) is 15.0. The Balaban J connectivity index is 1.44. The van der Waals surface area contributed by atoms with Crippen molar-refractivity contribution in [2.75, 3.05) is 39.1 Å². The van der Waals surface area contributed by atoms with Crippen LogP contribution in [0.2, 0.25) is 4.34 Å². The van der Waals surface area contributed by atoms with Crippen LogP contribution in [-0.2, 0) is 16.1 Å². The number of halogens is 1. The zero-order valence-electron chi connectivity index (χ0n) is 17.3. The van der Waals surface area contributed by atoms with Gasteiger partial charge in [0.25, 0.3) is 0 Å². The molecule has 1 atom stereocenters. The van der Waals surface area contributed by atoms with Crippen LogP contribution < -0.4 is 5.73 Å². The minimum absolute atomic E-state index is 0.0926. The van der Waals surface area contributed by atoms with Crippen molar-refractivity contribution in [3.8, 4) is 0 Å². The Hall–Kier alpha value is -2.45. The van der Waals surface area contributed by atoms with Crippen LogP contribution in [0.3, 0.4) is 0 Å². The summed E-state index contributed by atoms with van der Waals surface area (Å²) in [5.41, 5.74) is 7.03. The summed E-state index contributed by atoms with van der Waals surface area (Å²) in [6.07, 6.45) is 5.83. The number of anilines is 1. The highest BCUT2D eigenvalue weighted by molar-refractivity contribution is 7.16. The average molecular weight is 457 g/mol. The predicted molar refractivity (Wildman–Crippen MR) is 127 cm³/mol. The van der Waals surface area contributed by atoms with Crippen molar-refractivity contribution in [2.24, 2.45) is 0 Å². The number of methoxy groups -OCH3 is 1. The average Bonchev–Trinajstić information content (AvgIpc) is 3.17. The van der Waals surface area contributed by atoms with Gasteiger partial charge in [-0.15, -0.1) is 11.3 Å². The molecule has 0 saturated carbocycles. The summed E-state index contributed by atoms with van der Waals surface area (Å²) in [4.78, 5) is 22.5. The molecule has 4 rings (SSSR count). The third-order valence-electron chi connectivity index (χ3n) is 5.47. The second-order valence-electron chi connectivity index (χ2n) is 7.52. The van der Waals surface area contributed by atoms with E-state index in [1.165, 1.54) is 11.3 Å². The molecule has 8 heteroatoms. The number of nitrogens with zero attached hydrogens (tertiary/aromatic N) is 3. The fourth-order valence-corrected chi connectivity index (χ4v) is 4.88. The maximum atomic E-state index is 13.2. The van der Waals surface area contributed by atoms with Gasteiger partial charge in [-0.25, -0.2) is 4.98 Å². The summed E-state index contributed by atoms with van der Waals surface area (Å²) in [5.74, 6) is 0.613. The smallest absolute Gasteiger partial charge is 0.242 e. The van der Waals surface area contributed by atoms with E-state index in [2.05, 4.69) is 22.0 Å². The maximum absolute atomic E-state index is 13.2. The number of thiophene rings is 1. The Bertz CT molecular complexity index is 1100. The number of fused-ring (bicyclic) bond motifs is 1. The van der Waals surface area contributed by atoms with Gasteiger partial charge in [0.05, 0.1) is 10.9 Å². The summed E-state index contributed by atoms with van der Waals surface area (Å²) in [6, 6.07) is 11.6. The molecule has 6 nitrogen and oxygen atoms in total. The summed E-state index contributed by atoms with van der Waals surface area (Å²) >= 11 is 7.53. The van der Waals surface area contributed by atoms with Gasteiger partial charge in [-0.3, -0.25) is 9.69 Å². The lowest BCUT2D eigenvalue weighted by Crippen LogP contribution is -2.58. The van der Waals surface area contributed by atoms with Crippen molar-refractivity contribution in [3.05, 3.63) is 63.4 Å². The van der Waals surface area contributed by atoms with Crippen molar-refractivity contribution in [1.29, 1.82) is 0 Å². The number of piperazine rings is 1. The van der Waals surface area contributed by atoms with Crippen LogP contribution in [0.1, 0.15) is 10.4 Å². The quantitative estimate of drug-likeness (QED) is 0.583. The lowest BCUT2D eigenvalue weighted by molar-refractivity contribution is -0.144. The number of hydrogen-bond acceptors (Lipinski definition) is 6. The molecule has 1 aromatic carbocycles. The Kier molecular flexibility index (Phi) is 6.87. The topological polar surface area (TPSA) is 71.7 Å². The molecule has 1 saturated heterocycles. The number of hydrogen-bond donors (Lipinski definition) is 1. The molecular weight excluding hydrogens is 432 g/mol. The molecule has 0 bridgehead atoms. The monoisotopic (exact) mass is 456 g/mol. The van der Waals surface area contributed by atoms with E-state index in [0.29, 0.717) is 32.1 Å². The number of carbonyl (C=O) groups is 1. The van der Waals surface area contributed by atoms with Crippen molar-refractivity contribution >= 4 is 51.5 Å². The number of nitrogen functional groups attached to an aromatic ring is 1. The Morgan fingerprint density at radius 3 is 2.94 bits per heavy atom. The van der Waals surface area contributed by atoms with Gasteiger partial charge in [0, 0.05) is 49.7 Å². The van der Waals surface area contributed by atoms with Gasteiger partial charge in [0.2, 0.25) is 5.91 Å². The minimum atomic E-state index is -0.296. The van der Waals surface area contributed by atoms with Gasteiger partial charge in [0.1, 0.15) is 11.9 Å². The highest BCUT2D eigenvalue weighted by atomic mass is 35.5. The standard InChI is InChI=1S/C23H25ClN4O2S/c1-30-15-20-23(29)28(12-11-27(20)10-2-3-18-5-7-21(24)31-18)14-16-4-6-19-17(13-16)8-9-26-22(19)25/h2-9,13,20H,10-12,14-15H2,1H3,(H2,25,26)/t20-/m0/s1. The van der Waals surface area contributed by atoms with Crippen LogP contribution in [0.25, 0.3) is 16.8 Å². The van der Waals surface area contributed by atoms with Crippen LogP contribution in [-0.4, -0.2) is 60.1 Å². The summed E-state index contributed by atoms with van der Waals surface area (Å²) in [6.45, 7) is 3.09. The van der Waals surface area contributed by atoms with Gasteiger partial charge in [-0.05, 0) is 41.3 Å². The molecule has 162 valence electrons. The van der Waals surface area contributed by atoms with Crippen LogP contribution in [0.15, 0.2) is 48.7 Å². The highest BCUT2D eigenvalue weighted by Gasteiger charge is 2.34. The van der Waals surface area contributed by atoms with Crippen molar-refractivity contribution in [3.63, 3.8) is 0 Å². The molecule has 0 aliphatic carbocycles. The molecular formula is C23H25ClN4O2S. The third-order valence-corrected chi connectivity index (χ3v) is 6.66. The minimum Gasteiger partial charge on any atom is -0.383 e. The lowest BCUT2D eigenvalue weighted by Gasteiger charge is -2.40. The molecule has 2 N–H and O–H groups in total. The first kappa shape index (κ1) is 21.8. The number of pyridine rings is 1. The van der Waals surface area contributed by atoms with E-state index in [-0.39, 0.29) is 11.9 Å². The zero-order chi connectivity index (χ0) is 21.8. The molecule has 0 spiro atoms. The van der Waals surface area contributed by atoms with Crippen LogP contribution in [0.4, 0.5) is 5.82 Å². The van der Waals surface area contributed by atoms with Gasteiger partial charge >= 0.3 is 0 Å². The molecule has 1 fully saturated rings. The predicted octanol–water partition coefficient (Wildman–Crippen LogP) is 3.90. The highest BCUT2D eigenvalue weighted by Crippen LogP contribution is 2.24. The molecule has 1 aliphatic heterocycles. The van der Waals surface area contributed by atoms with Crippen molar-refractivity contribution in [1.82, 2.24) is 14.8 Å². The molecule has 0 radical (unpaired) electrons. The second kappa shape index (κ2) is 9.78. The van der Waals surface area contributed by atoms with Gasteiger partial charge in [0.15, 0.2) is 0 Å². The molecule has 2 aromatic heterocycles. The van der Waals surface area contributed by atoms with E-state index in [1.54, 1.807) is 13.3 Å². The number of nitrogens with two attached hydrogens (primary N) is 1. The van der Waals surface area contributed by atoms with Gasteiger partial charge < -0.3 is 15.4 Å². The van der Waals surface area contributed by atoms with E-state index < -0.39 is 0 Å². The second-order valence-corrected chi connectivity index (χ2v) is 9.27. The summed E-state index contributed by atoms with van der Waals surface area (Å²) < 4.78 is 6.14. The Morgan fingerprint density at radius 1 is 1.29 bits per heavy atom.